The van der Waals surface area contributed by atoms with Gasteiger partial charge in [0.2, 0.25) is 0 Å². The van der Waals surface area contributed by atoms with Gasteiger partial charge < -0.3 is 19.3 Å². The lowest BCUT2D eigenvalue weighted by atomic mass is 10.0. The Morgan fingerprint density at radius 3 is 2.24 bits per heavy atom. The van der Waals surface area contributed by atoms with Crippen molar-refractivity contribution in [1.82, 2.24) is 0 Å². The van der Waals surface area contributed by atoms with Gasteiger partial charge in [0, 0.05) is 6.07 Å². The molecule has 0 atom stereocenters. The van der Waals surface area contributed by atoms with Crippen molar-refractivity contribution in [3.05, 3.63) is 53.8 Å². The molecule has 0 unspecified atom stereocenters. The molecule has 0 radical (unpaired) electrons. The second-order valence-electron chi connectivity index (χ2n) is 5.78. The van der Waals surface area contributed by atoms with E-state index in [9.17, 15) is 27.9 Å². The molecule has 3 rings (SSSR count). The van der Waals surface area contributed by atoms with E-state index in [1.807, 2.05) is 0 Å². The summed E-state index contributed by atoms with van der Waals surface area (Å²) >= 11 is 0. The minimum Gasteiger partial charge on any atom is -0.502 e. The molecule has 29 heavy (non-hydrogen) atoms. The van der Waals surface area contributed by atoms with E-state index in [-0.39, 0.29) is 22.6 Å². The van der Waals surface area contributed by atoms with Crippen LogP contribution in [0.2, 0.25) is 0 Å². The lowest BCUT2D eigenvalue weighted by molar-refractivity contribution is -0.274. The first kappa shape index (κ1) is 20.1. The number of halogens is 3. The van der Waals surface area contributed by atoms with E-state index >= 15 is 0 Å². The van der Waals surface area contributed by atoms with E-state index in [0.29, 0.717) is 10.6 Å². The molecule has 152 valence electrons. The molecule has 1 heterocycles. The van der Waals surface area contributed by atoms with Gasteiger partial charge in [-0.25, -0.2) is 4.90 Å². The van der Waals surface area contributed by atoms with Crippen molar-refractivity contribution in [3.8, 4) is 17.2 Å². The molecule has 1 aliphatic rings. The molecular formula is C19H14F3NO6. The number of alkyl halides is 3. The van der Waals surface area contributed by atoms with Crippen LogP contribution in [-0.4, -0.2) is 37.5 Å². The van der Waals surface area contributed by atoms with Gasteiger partial charge in [-0.3, -0.25) is 9.59 Å². The molecule has 7 nitrogen and oxygen atoms in total. The lowest BCUT2D eigenvalue weighted by Crippen LogP contribution is -2.31. The van der Waals surface area contributed by atoms with Crippen LogP contribution in [0.15, 0.2) is 48.2 Å². The SMILES string of the molecule is COc1ccc(C2=C(O)C(=O)N(c3cccc(OC(F)(F)F)c3)C2=O)cc1OC. The first-order chi connectivity index (χ1) is 13.7. The molecule has 2 aromatic carbocycles. The number of benzene rings is 2. The largest absolute Gasteiger partial charge is 0.573 e. The number of aliphatic hydroxyl groups is 1. The summed E-state index contributed by atoms with van der Waals surface area (Å²) in [5, 5.41) is 10.2. The quantitative estimate of drug-likeness (QED) is 0.762. The fraction of sp³-hybridized carbons (Fsp3) is 0.158. The summed E-state index contributed by atoms with van der Waals surface area (Å²) in [7, 11) is 2.78. The first-order valence-electron chi connectivity index (χ1n) is 8.06. The van der Waals surface area contributed by atoms with Crippen LogP contribution in [0, 0.1) is 0 Å². The van der Waals surface area contributed by atoms with Crippen LogP contribution in [0.4, 0.5) is 18.9 Å². The van der Waals surface area contributed by atoms with Crippen LogP contribution in [0.25, 0.3) is 5.57 Å². The average molecular weight is 409 g/mol. The average Bonchev–Trinajstić information content (AvgIpc) is 2.88. The minimum absolute atomic E-state index is 0.170. The summed E-state index contributed by atoms with van der Waals surface area (Å²) in [5.74, 6) is -2.83. The number of hydrogen-bond donors (Lipinski definition) is 1. The van der Waals surface area contributed by atoms with Crippen LogP contribution in [0.1, 0.15) is 5.56 Å². The Bertz CT molecular complexity index is 1020. The van der Waals surface area contributed by atoms with E-state index in [1.54, 1.807) is 0 Å². The van der Waals surface area contributed by atoms with Gasteiger partial charge in [-0.05, 0) is 29.8 Å². The molecule has 0 aliphatic carbocycles. The van der Waals surface area contributed by atoms with E-state index in [2.05, 4.69) is 4.74 Å². The smallest absolute Gasteiger partial charge is 0.502 e. The zero-order chi connectivity index (χ0) is 21.3. The summed E-state index contributed by atoms with van der Waals surface area (Å²) in [6, 6.07) is 8.62. The Morgan fingerprint density at radius 1 is 0.931 bits per heavy atom. The van der Waals surface area contributed by atoms with Crippen LogP contribution in [0.5, 0.6) is 17.2 Å². The van der Waals surface area contributed by atoms with E-state index in [0.717, 1.165) is 12.1 Å². The van der Waals surface area contributed by atoms with Gasteiger partial charge in [0.05, 0.1) is 25.5 Å². The second-order valence-corrected chi connectivity index (χ2v) is 5.78. The molecule has 1 aliphatic heterocycles. The molecule has 0 saturated heterocycles. The van der Waals surface area contributed by atoms with Crippen molar-refractivity contribution >= 4 is 23.1 Å². The fourth-order valence-corrected chi connectivity index (χ4v) is 2.82. The monoisotopic (exact) mass is 409 g/mol. The third kappa shape index (κ3) is 3.82. The highest BCUT2D eigenvalue weighted by Crippen LogP contribution is 2.37. The third-order valence-electron chi connectivity index (χ3n) is 4.04. The maximum Gasteiger partial charge on any atom is 0.573 e. The highest BCUT2D eigenvalue weighted by Gasteiger charge is 2.41. The Balaban J connectivity index is 1.99. The number of carbonyl (C=O) groups excluding carboxylic acids is 2. The number of methoxy groups -OCH3 is 2. The number of amides is 2. The van der Waals surface area contributed by atoms with Crippen molar-refractivity contribution in [2.24, 2.45) is 0 Å². The maximum absolute atomic E-state index is 12.8. The highest BCUT2D eigenvalue weighted by molar-refractivity contribution is 6.44. The molecule has 2 amide bonds. The van der Waals surface area contributed by atoms with E-state index in [4.69, 9.17) is 9.47 Å². The molecule has 0 fully saturated rings. The van der Waals surface area contributed by atoms with Gasteiger partial charge in [0.1, 0.15) is 5.75 Å². The van der Waals surface area contributed by atoms with Gasteiger partial charge in [-0.15, -0.1) is 13.2 Å². The van der Waals surface area contributed by atoms with Crippen LogP contribution >= 0.6 is 0 Å². The predicted octanol–water partition coefficient (Wildman–Crippen LogP) is 3.44. The molecule has 0 spiro atoms. The Hall–Kier alpha value is -3.69. The van der Waals surface area contributed by atoms with Gasteiger partial charge in [-0.2, -0.15) is 0 Å². The number of hydrogen-bond acceptors (Lipinski definition) is 6. The first-order valence-corrected chi connectivity index (χ1v) is 8.06. The maximum atomic E-state index is 12.8. The molecule has 1 N–H and O–H groups in total. The molecule has 10 heteroatoms. The Labute approximate surface area is 162 Å². The number of aliphatic hydroxyl groups excluding tert-OH is 1. The van der Waals surface area contributed by atoms with Crippen LogP contribution < -0.4 is 19.1 Å². The summed E-state index contributed by atoms with van der Waals surface area (Å²) in [5.41, 5.74) is -0.342. The zero-order valence-corrected chi connectivity index (χ0v) is 15.1. The second kappa shape index (κ2) is 7.38. The third-order valence-corrected chi connectivity index (χ3v) is 4.04. The van der Waals surface area contributed by atoms with Crippen molar-refractivity contribution in [2.75, 3.05) is 19.1 Å². The van der Waals surface area contributed by atoms with Crippen LogP contribution in [0.3, 0.4) is 0 Å². The number of anilines is 1. The topological polar surface area (TPSA) is 85.3 Å². The summed E-state index contributed by atoms with van der Waals surface area (Å²) in [6.07, 6.45) is -4.94. The van der Waals surface area contributed by atoms with Gasteiger partial charge in [-0.1, -0.05) is 12.1 Å². The van der Waals surface area contributed by atoms with Gasteiger partial charge in [0.15, 0.2) is 17.3 Å². The Kier molecular flexibility index (Phi) is 5.10. The predicted molar refractivity (Wildman–Crippen MR) is 94.7 cm³/mol. The number of rotatable bonds is 5. The molecule has 2 aromatic rings. The van der Waals surface area contributed by atoms with E-state index in [1.165, 1.54) is 44.6 Å². The lowest BCUT2D eigenvalue weighted by Gasteiger charge is -2.16. The van der Waals surface area contributed by atoms with Crippen molar-refractivity contribution < 1.29 is 42.1 Å². The summed E-state index contributed by atoms with van der Waals surface area (Å²) in [6.45, 7) is 0. The van der Waals surface area contributed by atoms with Crippen LogP contribution in [-0.2, 0) is 9.59 Å². The highest BCUT2D eigenvalue weighted by atomic mass is 19.4. The summed E-state index contributed by atoms with van der Waals surface area (Å²) in [4.78, 5) is 25.8. The minimum atomic E-state index is -4.94. The summed E-state index contributed by atoms with van der Waals surface area (Å²) < 4.78 is 51.4. The zero-order valence-electron chi connectivity index (χ0n) is 15.1. The number of nitrogens with zero attached hydrogens (tertiary/aromatic N) is 1. The normalized spacial score (nSPS) is 14.4. The Morgan fingerprint density at radius 2 is 1.62 bits per heavy atom. The molecular weight excluding hydrogens is 395 g/mol. The number of carbonyl (C=O) groups is 2. The van der Waals surface area contributed by atoms with Crippen molar-refractivity contribution in [2.45, 2.75) is 6.36 Å². The van der Waals surface area contributed by atoms with Crippen molar-refractivity contribution in [1.29, 1.82) is 0 Å². The molecule has 0 saturated carbocycles. The van der Waals surface area contributed by atoms with Gasteiger partial charge >= 0.3 is 12.3 Å². The standard InChI is InChI=1S/C19H14F3NO6/c1-27-13-7-6-10(8-14(13)28-2)15-16(24)18(26)23(17(15)25)11-4-3-5-12(9-11)29-19(20,21)22/h3-9,24H,1-2H3. The molecule has 0 bridgehead atoms. The molecule has 0 aromatic heterocycles. The number of imide groups is 1. The van der Waals surface area contributed by atoms with Crippen molar-refractivity contribution in [3.63, 3.8) is 0 Å². The van der Waals surface area contributed by atoms with Gasteiger partial charge in [0.25, 0.3) is 5.91 Å². The number of ether oxygens (including phenoxy) is 3. The fourth-order valence-electron chi connectivity index (χ4n) is 2.82. The van der Waals surface area contributed by atoms with E-state index < -0.39 is 29.7 Å².